The molecule has 4 aromatic heterocycles. The zero-order chi connectivity index (χ0) is 54.5. The highest BCUT2D eigenvalue weighted by atomic mass is 79.9. The van der Waals surface area contributed by atoms with Gasteiger partial charge in [0.2, 0.25) is 0 Å². The summed E-state index contributed by atoms with van der Waals surface area (Å²) in [4.78, 5) is 10.2. The van der Waals surface area contributed by atoms with Crippen LogP contribution in [-0.2, 0) is 0 Å². The average Bonchev–Trinajstić information content (AvgIpc) is 4.29. The summed E-state index contributed by atoms with van der Waals surface area (Å²) in [6.07, 6.45) is 0. The van der Waals surface area contributed by atoms with Crippen molar-refractivity contribution in [2.75, 3.05) is 0 Å². The Hall–Kier alpha value is -10.3. The maximum absolute atomic E-state index is 5.12. The molecular weight excluding hydrogens is 1070 g/mol. The fourth-order valence-corrected chi connectivity index (χ4v) is 12.2. The van der Waals surface area contributed by atoms with E-state index in [4.69, 9.17) is 9.97 Å². The molecule has 0 saturated carbocycles. The van der Waals surface area contributed by atoms with E-state index in [0.717, 1.165) is 54.7 Å². The summed E-state index contributed by atoms with van der Waals surface area (Å²) in [6.45, 7) is 0. The van der Waals surface area contributed by atoms with E-state index in [-0.39, 0.29) is 8.41 Å². The van der Waals surface area contributed by atoms with E-state index >= 15 is 0 Å². The Morgan fingerprint density at radius 3 is 0.940 bits per heavy atom. The molecule has 0 amide bonds. The van der Waals surface area contributed by atoms with Crippen molar-refractivity contribution >= 4 is 89.8 Å². The van der Waals surface area contributed by atoms with E-state index in [1.54, 1.807) is 0 Å². The number of fused-ring (bicyclic) bond motifs is 9. The second-order valence-corrected chi connectivity index (χ2v) is 21.6. The number of halogens is 1. The molecule has 12 aromatic carbocycles. The van der Waals surface area contributed by atoms with Crippen LogP contribution in [0.2, 0.25) is 0 Å². The first-order chi connectivity index (χ1) is 40.6. The van der Waals surface area contributed by atoms with Gasteiger partial charge in [-0.15, -0.1) is 0 Å². The van der Waals surface area contributed by atoms with E-state index < -0.39 is 0 Å². The van der Waals surface area contributed by atoms with Crippen LogP contribution in [0.5, 0.6) is 0 Å². The van der Waals surface area contributed by atoms with Crippen molar-refractivity contribution in [1.29, 1.82) is 0 Å². The quantitative estimate of drug-likeness (QED) is 0.142. The lowest BCUT2D eigenvalue weighted by atomic mass is 10.0. The van der Waals surface area contributed by atoms with Gasteiger partial charge in [0, 0.05) is 79.0 Å². The molecule has 5 nitrogen and oxygen atoms in total. The first kappa shape index (κ1) is 50.9. The topological polar surface area (TPSA) is 40.6 Å². The monoisotopic (exact) mass is 1120 g/mol. The van der Waals surface area contributed by atoms with Crippen molar-refractivity contribution in [3.63, 3.8) is 0 Å². The minimum absolute atomic E-state index is 0. The summed E-state index contributed by atoms with van der Waals surface area (Å²) in [5.41, 5.74) is 20.4. The van der Waals surface area contributed by atoms with Crippen molar-refractivity contribution in [2.45, 2.75) is 0 Å². The highest BCUT2D eigenvalue weighted by Gasteiger charge is 2.18. The van der Waals surface area contributed by atoms with Crippen molar-refractivity contribution in [3.05, 3.63) is 308 Å². The molecule has 0 unspecified atom stereocenters. The van der Waals surface area contributed by atoms with Crippen molar-refractivity contribution < 1.29 is 0 Å². The third kappa shape index (κ3) is 9.27. The number of benzene rings is 12. The summed E-state index contributed by atoms with van der Waals surface area (Å²) in [7, 11) is 0. The molecule has 4 heterocycles. The molecular formula is C76H50BBrN5. The van der Waals surface area contributed by atoms with Gasteiger partial charge in [-0.2, -0.15) is 0 Å². The molecule has 0 bridgehead atoms. The highest BCUT2D eigenvalue weighted by Crippen LogP contribution is 2.39. The van der Waals surface area contributed by atoms with E-state index in [0.29, 0.717) is 5.82 Å². The Morgan fingerprint density at radius 1 is 0.229 bits per heavy atom. The average molecular weight is 1120 g/mol. The van der Waals surface area contributed by atoms with Crippen LogP contribution >= 0.6 is 15.9 Å². The molecule has 16 aromatic rings. The smallest absolute Gasteiger partial charge is 0.160 e. The van der Waals surface area contributed by atoms with Crippen molar-refractivity contribution in [2.24, 2.45) is 0 Å². The summed E-state index contributed by atoms with van der Waals surface area (Å²) in [5.74, 6) is 0.706. The molecule has 0 aliphatic rings. The van der Waals surface area contributed by atoms with E-state index in [9.17, 15) is 0 Å². The first-order valence-electron chi connectivity index (χ1n) is 27.7. The number of aromatic nitrogens is 5. The molecule has 0 aliphatic carbocycles. The van der Waals surface area contributed by atoms with Gasteiger partial charge in [-0.25, -0.2) is 9.97 Å². The second-order valence-electron chi connectivity index (χ2n) is 20.7. The van der Waals surface area contributed by atoms with Crippen LogP contribution in [0, 0.1) is 0 Å². The van der Waals surface area contributed by atoms with Crippen molar-refractivity contribution in [3.8, 4) is 73.2 Å². The summed E-state index contributed by atoms with van der Waals surface area (Å²) in [5, 5.41) is 7.42. The van der Waals surface area contributed by atoms with Crippen LogP contribution < -0.4 is 0 Å². The molecule has 7 heteroatoms. The molecule has 3 radical (unpaired) electrons. The van der Waals surface area contributed by atoms with Gasteiger partial charge in [0.05, 0.1) is 44.5 Å². The Bertz CT molecular complexity index is 4960. The molecule has 16 rings (SSSR count). The molecule has 0 fully saturated rings. The predicted molar refractivity (Wildman–Crippen MR) is 352 cm³/mol. The van der Waals surface area contributed by atoms with Gasteiger partial charge in [-0.1, -0.05) is 204 Å². The molecule has 0 aliphatic heterocycles. The lowest BCUT2D eigenvalue weighted by Crippen LogP contribution is -1.96. The zero-order valence-electron chi connectivity index (χ0n) is 45.1. The van der Waals surface area contributed by atoms with Gasteiger partial charge in [0.25, 0.3) is 0 Å². The Morgan fingerprint density at radius 2 is 0.530 bits per heavy atom. The van der Waals surface area contributed by atoms with Gasteiger partial charge >= 0.3 is 0 Å². The third-order valence-corrected chi connectivity index (χ3v) is 16.3. The van der Waals surface area contributed by atoms with Gasteiger partial charge in [-0.3, -0.25) is 0 Å². The fourth-order valence-electron chi connectivity index (χ4n) is 11.9. The number of para-hydroxylation sites is 5. The minimum Gasteiger partial charge on any atom is -0.309 e. The molecule has 0 spiro atoms. The van der Waals surface area contributed by atoms with Gasteiger partial charge in [-0.05, 0) is 138 Å². The largest absolute Gasteiger partial charge is 0.309 e. The summed E-state index contributed by atoms with van der Waals surface area (Å²) >= 11 is 3.52. The third-order valence-electron chi connectivity index (χ3n) is 15.8. The minimum atomic E-state index is 0. The van der Waals surface area contributed by atoms with Crippen LogP contribution in [-0.4, -0.2) is 32.1 Å². The SMILES string of the molecule is Brc1ccc(-c2ccc3c(c2)c2ccccc2n3-c2ccccc2)cc1.[B].c1ccc(-c2cc(-c3ccccc3)nc(-c3ccc4c(c3)c3ccccc3n4-c3ccc(-c4ccc5c(c4)c4ccccc4n5-c4ccccc4)cc3)n2)cc1. The Balaban J connectivity index is 0.000000190. The number of rotatable bonds is 8. The van der Waals surface area contributed by atoms with Crippen LogP contribution in [0.4, 0.5) is 0 Å². The normalized spacial score (nSPS) is 11.3. The number of hydrogen-bond donors (Lipinski definition) is 0. The molecule has 0 N–H and O–H groups in total. The zero-order valence-corrected chi connectivity index (χ0v) is 46.6. The molecule has 0 atom stereocenters. The van der Waals surface area contributed by atoms with Crippen LogP contribution in [0.1, 0.15) is 0 Å². The van der Waals surface area contributed by atoms with Crippen molar-refractivity contribution in [1.82, 2.24) is 23.7 Å². The first-order valence-corrected chi connectivity index (χ1v) is 28.4. The number of nitrogens with zero attached hydrogens (tertiary/aromatic N) is 5. The summed E-state index contributed by atoms with van der Waals surface area (Å²) in [6, 6.07) is 108. The Kier molecular flexibility index (Phi) is 13.2. The lowest BCUT2D eigenvalue weighted by Gasteiger charge is -2.11. The maximum Gasteiger partial charge on any atom is 0.160 e. The van der Waals surface area contributed by atoms with Crippen LogP contribution in [0.25, 0.3) is 139 Å². The second kappa shape index (κ2) is 21.6. The molecule has 83 heavy (non-hydrogen) atoms. The van der Waals surface area contributed by atoms with E-state index in [1.807, 2.05) is 12.1 Å². The number of hydrogen-bond acceptors (Lipinski definition) is 2. The van der Waals surface area contributed by atoms with Gasteiger partial charge in [0.1, 0.15) is 0 Å². The molecule has 389 valence electrons. The molecule has 0 saturated heterocycles. The van der Waals surface area contributed by atoms with Gasteiger partial charge < -0.3 is 13.7 Å². The standard InChI is InChI=1S/C52H34N4.C24H16BrN.B/c1-4-14-36(15-5-1)46-34-47(37-16-6-2-7-17-37)54-52(53-46)39-27-31-51-45(33-39)43-21-11-13-23-49(43)56(51)41-28-24-35(25-29-41)38-26-30-50-44(32-38)42-20-10-12-22-48(42)55(50)40-18-8-3-9-19-40;25-19-13-10-17(11-14-19)18-12-15-24-22(16-18)21-8-4-5-9-23(21)26(24)20-6-2-1-3-7-20;/h1-34H;1-16H;. The van der Waals surface area contributed by atoms with Crippen LogP contribution in [0.15, 0.2) is 308 Å². The lowest BCUT2D eigenvalue weighted by molar-refractivity contribution is 1.17. The fraction of sp³-hybridized carbons (Fsp3) is 0. The van der Waals surface area contributed by atoms with Gasteiger partial charge in [0.15, 0.2) is 5.82 Å². The van der Waals surface area contributed by atoms with E-state index in [2.05, 4.69) is 321 Å². The van der Waals surface area contributed by atoms with Crippen LogP contribution in [0.3, 0.4) is 0 Å². The predicted octanol–water partition coefficient (Wildman–Crippen LogP) is 20.2. The summed E-state index contributed by atoms with van der Waals surface area (Å²) < 4.78 is 8.17. The van der Waals surface area contributed by atoms with E-state index in [1.165, 1.54) is 82.6 Å². The maximum atomic E-state index is 5.12. The highest BCUT2D eigenvalue weighted by molar-refractivity contribution is 9.10. The Labute approximate surface area is 491 Å².